The fourth-order valence-corrected chi connectivity index (χ4v) is 4.25. The largest absolute Gasteiger partial charge is 0.343 e. The van der Waals surface area contributed by atoms with Crippen molar-refractivity contribution < 1.29 is 14.0 Å². The van der Waals surface area contributed by atoms with Gasteiger partial charge in [0.25, 0.3) is 0 Å². The highest BCUT2D eigenvalue weighted by Gasteiger charge is 2.26. The molecule has 1 aliphatic rings. The lowest BCUT2D eigenvalue weighted by atomic mass is 10.0. The van der Waals surface area contributed by atoms with Crippen LogP contribution in [0.25, 0.3) is 5.69 Å². The Labute approximate surface area is 176 Å². The van der Waals surface area contributed by atoms with Gasteiger partial charge < -0.3 is 9.47 Å². The number of Topliss-reactive ketones (excluding diaryl/α,β-unsaturated/α-hetero) is 1. The molecule has 0 unspecified atom stereocenters. The van der Waals surface area contributed by atoms with Gasteiger partial charge in [-0.1, -0.05) is 11.6 Å². The summed E-state index contributed by atoms with van der Waals surface area (Å²) in [5, 5.41) is 0.0567. The number of hydrogen-bond acceptors (Lipinski definition) is 3. The van der Waals surface area contributed by atoms with Gasteiger partial charge in [0.05, 0.1) is 11.6 Å². The van der Waals surface area contributed by atoms with Crippen LogP contribution in [0.5, 0.6) is 0 Å². The molecule has 1 saturated heterocycles. The van der Waals surface area contributed by atoms with Gasteiger partial charge in [0.2, 0.25) is 5.91 Å². The Morgan fingerprint density at radius 2 is 1.86 bits per heavy atom. The lowest BCUT2D eigenvalue weighted by Gasteiger charge is -2.36. The second-order valence-electron chi connectivity index (χ2n) is 7.78. The van der Waals surface area contributed by atoms with Crippen molar-refractivity contribution in [3.8, 4) is 5.69 Å². The molecule has 0 aliphatic carbocycles. The molecule has 1 aromatic heterocycles. The van der Waals surface area contributed by atoms with E-state index in [4.69, 9.17) is 11.6 Å². The van der Waals surface area contributed by atoms with E-state index in [0.717, 1.165) is 43.0 Å². The number of amides is 1. The normalized spacial score (nSPS) is 15.5. The van der Waals surface area contributed by atoms with Gasteiger partial charge >= 0.3 is 0 Å². The summed E-state index contributed by atoms with van der Waals surface area (Å²) in [4.78, 5) is 28.5. The third kappa shape index (κ3) is 4.54. The summed E-state index contributed by atoms with van der Waals surface area (Å²) in [6, 6.07) is 6.69. The van der Waals surface area contributed by atoms with Crippen molar-refractivity contribution >= 4 is 23.3 Å². The van der Waals surface area contributed by atoms with Gasteiger partial charge in [0, 0.05) is 55.7 Å². The summed E-state index contributed by atoms with van der Waals surface area (Å²) in [5.41, 5.74) is 3.13. The maximum absolute atomic E-state index is 13.5. The van der Waals surface area contributed by atoms with E-state index in [1.54, 1.807) is 24.0 Å². The molecule has 0 saturated carbocycles. The minimum absolute atomic E-state index is 0.0567. The molecule has 29 heavy (non-hydrogen) atoms. The van der Waals surface area contributed by atoms with Gasteiger partial charge in [0.15, 0.2) is 5.78 Å². The first-order valence-corrected chi connectivity index (χ1v) is 10.2. The SMILES string of the molecule is CC(=O)N(C)C1CCN(CC(=O)c2cc(C)n(-c3ccc(F)c(Cl)c3)c2C)CC1. The van der Waals surface area contributed by atoms with Gasteiger partial charge in [-0.25, -0.2) is 4.39 Å². The topological polar surface area (TPSA) is 45.6 Å². The van der Waals surface area contributed by atoms with Crippen LogP contribution in [-0.2, 0) is 4.79 Å². The molecule has 1 amide bonds. The first-order chi connectivity index (χ1) is 13.7. The van der Waals surface area contributed by atoms with Crippen LogP contribution in [0.4, 0.5) is 4.39 Å². The lowest BCUT2D eigenvalue weighted by Crippen LogP contribution is -2.46. The maximum Gasteiger partial charge on any atom is 0.219 e. The Hall–Kier alpha value is -2.18. The van der Waals surface area contributed by atoms with Crippen LogP contribution in [0.15, 0.2) is 24.3 Å². The van der Waals surface area contributed by atoms with Crippen LogP contribution in [0.2, 0.25) is 5.02 Å². The number of hydrogen-bond donors (Lipinski definition) is 0. The number of likely N-dealkylation sites (tertiary alicyclic amines) is 1. The summed E-state index contributed by atoms with van der Waals surface area (Å²) < 4.78 is 15.4. The van der Waals surface area contributed by atoms with Crippen molar-refractivity contribution in [1.82, 2.24) is 14.4 Å². The predicted octanol–water partition coefficient (Wildman–Crippen LogP) is 4.01. The van der Waals surface area contributed by atoms with Gasteiger partial charge in [-0.3, -0.25) is 14.5 Å². The zero-order valence-electron chi connectivity index (χ0n) is 17.3. The average molecular weight is 420 g/mol. The van der Waals surface area contributed by atoms with Crippen molar-refractivity contribution in [3.63, 3.8) is 0 Å². The van der Waals surface area contributed by atoms with Crippen molar-refractivity contribution in [2.75, 3.05) is 26.7 Å². The first-order valence-electron chi connectivity index (χ1n) is 9.82. The first kappa shape index (κ1) is 21.5. The van der Waals surface area contributed by atoms with E-state index in [0.29, 0.717) is 12.1 Å². The van der Waals surface area contributed by atoms with Gasteiger partial charge in [-0.15, -0.1) is 0 Å². The summed E-state index contributed by atoms with van der Waals surface area (Å²) in [6.07, 6.45) is 1.74. The standard InChI is InChI=1S/C22H27ClFN3O2/c1-14-11-19(15(2)27(14)18-5-6-21(24)20(23)12-18)22(29)13-26-9-7-17(8-10-26)25(4)16(3)28/h5-6,11-12,17H,7-10,13H2,1-4H3. The fourth-order valence-electron chi connectivity index (χ4n) is 4.08. The predicted molar refractivity (Wildman–Crippen MR) is 112 cm³/mol. The zero-order chi connectivity index (χ0) is 21.3. The van der Waals surface area contributed by atoms with Crippen molar-refractivity contribution in [1.29, 1.82) is 0 Å². The van der Waals surface area contributed by atoms with Gasteiger partial charge in [-0.05, 0) is 51.0 Å². The number of carbonyl (C=O) groups excluding carboxylic acids is 2. The molecule has 156 valence electrons. The minimum Gasteiger partial charge on any atom is -0.343 e. The van der Waals surface area contributed by atoms with Crippen LogP contribution < -0.4 is 0 Å². The van der Waals surface area contributed by atoms with Crippen LogP contribution in [0.1, 0.15) is 41.5 Å². The van der Waals surface area contributed by atoms with Gasteiger partial charge in [0.1, 0.15) is 5.82 Å². The third-order valence-electron chi connectivity index (χ3n) is 5.86. The van der Waals surface area contributed by atoms with Crippen LogP contribution in [0, 0.1) is 19.7 Å². The quantitative estimate of drug-likeness (QED) is 0.688. The number of carbonyl (C=O) groups is 2. The molecule has 0 spiro atoms. The molecule has 5 nitrogen and oxygen atoms in total. The van der Waals surface area contributed by atoms with Crippen molar-refractivity contribution in [2.45, 2.75) is 39.7 Å². The number of rotatable bonds is 5. The highest BCUT2D eigenvalue weighted by molar-refractivity contribution is 6.30. The molecule has 0 radical (unpaired) electrons. The molecular weight excluding hydrogens is 393 g/mol. The molecule has 1 aromatic carbocycles. The lowest BCUT2D eigenvalue weighted by molar-refractivity contribution is -0.130. The smallest absolute Gasteiger partial charge is 0.219 e. The highest BCUT2D eigenvalue weighted by atomic mass is 35.5. The number of aryl methyl sites for hydroxylation is 1. The monoisotopic (exact) mass is 419 g/mol. The summed E-state index contributed by atoms with van der Waals surface area (Å²) >= 11 is 5.93. The second-order valence-corrected chi connectivity index (χ2v) is 8.19. The summed E-state index contributed by atoms with van der Waals surface area (Å²) in [5.74, 6) is -0.322. The third-order valence-corrected chi connectivity index (χ3v) is 6.15. The Morgan fingerprint density at radius 1 is 1.21 bits per heavy atom. The molecule has 2 aromatic rings. The number of piperidine rings is 1. The molecule has 0 bridgehead atoms. The Bertz CT molecular complexity index is 932. The van der Waals surface area contributed by atoms with E-state index in [1.165, 1.54) is 6.07 Å². The van der Waals surface area contributed by atoms with Gasteiger partial charge in [-0.2, -0.15) is 0 Å². The molecule has 2 heterocycles. The number of aromatic nitrogens is 1. The van der Waals surface area contributed by atoms with E-state index in [9.17, 15) is 14.0 Å². The average Bonchev–Trinajstić information content (AvgIpc) is 2.98. The Kier molecular flexibility index (Phi) is 6.44. The molecule has 3 rings (SSSR count). The van der Waals surface area contributed by atoms with Crippen LogP contribution >= 0.6 is 11.6 Å². The van der Waals surface area contributed by atoms with Crippen LogP contribution in [0.3, 0.4) is 0 Å². The van der Waals surface area contributed by atoms with Crippen molar-refractivity contribution in [3.05, 3.63) is 52.1 Å². The minimum atomic E-state index is -0.465. The molecular formula is C22H27ClFN3O2. The molecule has 0 atom stereocenters. The van der Waals surface area contributed by atoms with E-state index in [-0.39, 0.29) is 22.8 Å². The maximum atomic E-state index is 13.5. The molecule has 7 heteroatoms. The van der Waals surface area contributed by atoms with E-state index >= 15 is 0 Å². The van der Waals surface area contributed by atoms with E-state index in [2.05, 4.69) is 4.90 Å². The van der Waals surface area contributed by atoms with E-state index < -0.39 is 5.82 Å². The van der Waals surface area contributed by atoms with Crippen molar-refractivity contribution in [2.24, 2.45) is 0 Å². The number of ketones is 1. The number of halogens is 2. The molecule has 0 N–H and O–H groups in total. The Morgan fingerprint density at radius 3 is 2.45 bits per heavy atom. The molecule has 1 fully saturated rings. The second kappa shape index (κ2) is 8.67. The summed E-state index contributed by atoms with van der Waals surface area (Å²) in [7, 11) is 1.84. The zero-order valence-corrected chi connectivity index (χ0v) is 18.1. The number of benzene rings is 1. The van der Waals surface area contributed by atoms with E-state index in [1.807, 2.05) is 31.5 Å². The Balaban J connectivity index is 1.71. The summed E-state index contributed by atoms with van der Waals surface area (Å²) in [6.45, 7) is 7.33. The van der Waals surface area contributed by atoms with Crippen LogP contribution in [-0.4, -0.2) is 58.8 Å². The molecule has 1 aliphatic heterocycles. The fraction of sp³-hybridized carbons (Fsp3) is 0.455. The highest BCUT2D eigenvalue weighted by Crippen LogP contribution is 2.25. The number of nitrogens with zero attached hydrogens (tertiary/aromatic N) is 3.